The molecule has 0 saturated heterocycles. The fourth-order valence-electron chi connectivity index (χ4n) is 2.79. The number of nitrogens with zero attached hydrogens (tertiary/aromatic N) is 2. The average molecular weight is 320 g/mol. The molecule has 1 aliphatic rings. The van der Waals surface area contributed by atoms with Gasteiger partial charge < -0.3 is 4.74 Å². The standard InChI is InChI=1S/C21H24N2O/c1-21(2,3)24-19-10-8-16(9-11-19)14-17-6-5-13-23-20(17)18-7-4-12-22-15-18/h4,7-12,14-15H,5-6,13H2,1-3H3/b17-14+. The second-order valence-electron chi connectivity index (χ2n) is 7.03. The molecule has 0 radical (unpaired) electrons. The fourth-order valence-corrected chi connectivity index (χ4v) is 2.79. The van der Waals surface area contributed by atoms with Crippen molar-refractivity contribution >= 4 is 11.8 Å². The lowest BCUT2D eigenvalue weighted by Crippen LogP contribution is -2.22. The highest BCUT2D eigenvalue weighted by atomic mass is 16.5. The maximum Gasteiger partial charge on any atom is 0.120 e. The third kappa shape index (κ3) is 4.31. The Morgan fingerprint density at radius 1 is 1.08 bits per heavy atom. The summed E-state index contributed by atoms with van der Waals surface area (Å²) in [4.78, 5) is 8.95. The van der Waals surface area contributed by atoms with E-state index in [0.717, 1.165) is 36.4 Å². The SMILES string of the molecule is CC(C)(C)Oc1ccc(/C=C2\CCCN=C2c2cccnc2)cc1. The summed E-state index contributed by atoms with van der Waals surface area (Å²) in [5.74, 6) is 0.898. The van der Waals surface area contributed by atoms with Gasteiger partial charge in [0.25, 0.3) is 0 Å². The lowest BCUT2D eigenvalue weighted by Gasteiger charge is -2.21. The molecule has 0 spiro atoms. The number of allylic oxidation sites excluding steroid dienone is 1. The molecule has 1 aliphatic heterocycles. The van der Waals surface area contributed by atoms with Crippen LogP contribution >= 0.6 is 0 Å². The largest absolute Gasteiger partial charge is 0.488 e. The van der Waals surface area contributed by atoms with Gasteiger partial charge in [0.15, 0.2) is 0 Å². The van der Waals surface area contributed by atoms with E-state index in [9.17, 15) is 0 Å². The summed E-state index contributed by atoms with van der Waals surface area (Å²) in [6, 6.07) is 12.3. The van der Waals surface area contributed by atoms with Gasteiger partial charge >= 0.3 is 0 Å². The van der Waals surface area contributed by atoms with Crippen molar-refractivity contribution in [3.8, 4) is 5.75 Å². The van der Waals surface area contributed by atoms with Crippen LogP contribution in [0.3, 0.4) is 0 Å². The molecule has 0 atom stereocenters. The van der Waals surface area contributed by atoms with Crippen molar-refractivity contribution in [3.63, 3.8) is 0 Å². The van der Waals surface area contributed by atoms with Crippen LogP contribution in [0.2, 0.25) is 0 Å². The summed E-state index contributed by atoms with van der Waals surface area (Å²) >= 11 is 0. The van der Waals surface area contributed by atoms with Gasteiger partial charge in [0.1, 0.15) is 11.4 Å². The molecule has 2 aromatic rings. The zero-order valence-electron chi connectivity index (χ0n) is 14.6. The van der Waals surface area contributed by atoms with Crippen LogP contribution in [0.25, 0.3) is 6.08 Å². The van der Waals surface area contributed by atoms with E-state index in [1.807, 2.05) is 24.4 Å². The molecular formula is C21H24N2O. The highest BCUT2D eigenvalue weighted by Gasteiger charge is 2.14. The summed E-state index contributed by atoms with van der Waals surface area (Å²) < 4.78 is 5.88. The fraction of sp³-hybridized carbons (Fsp3) is 0.333. The van der Waals surface area contributed by atoms with Crippen LogP contribution < -0.4 is 4.74 Å². The van der Waals surface area contributed by atoms with Gasteiger partial charge in [0, 0.05) is 24.5 Å². The predicted molar refractivity (Wildman–Crippen MR) is 99.7 cm³/mol. The van der Waals surface area contributed by atoms with Gasteiger partial charge in [-0.1, -0.05) is 12.1 Å². The normalized spacial score (nSPS) is 16.8. The Bertz CT molecular complexity index is 738. The molecule has 0 unspecified atom stereocenters. The Morgan fingerprint density at radius 2 is 1.88 bits per heavy atom. The predicted octanol–water partition coefficient (Wildman–Crippen LogP) is 4.93. The van der Waals surface area contributed by atoms with E-state index in [0.29, 0.717) is 0 Å². The zero-order valence-corrected chi connectivity index (χ0v) is 14.6. The summed E-state index contributed by atoms with van der Waals surface area (Å²) in [7, 11) is 0. The summed E-state index contributed by atoms with van der Waals surface area (Å²) in [5.41, 5.74) is 4.44. The zero-order chi connectivity index (χ0) is 17.0. The molecular weight excluding hydrogens is 296 g/mol. The molecule has 24 heavy (non-hydrogen) atoms. The minimum absolute atomic E-state index is 0.177. The van der Waals surface area contributed by atoms with Gasteiger partial charge in [0.2, 0.25) is 0 Å². The van der Waals surface area contributed by atoms with E-state index >= 15 is 0 Å². The second kappa shape index (κ2) is 7.00. The first-order valence-corrected chi connectivity index (χ1v) is 8.46. The van der Waals surface area contributed by atoms with E-state index in [-0.39, 0.29) is 5.60 Å². The first-order chi connectivity index (χ1) is 11.5. The highest BCUT2D eigenvalue weighted by Crippen LogP contribution is 2.24. The summed E-state index contributed by atoms with van der Waals surface area (Å²) in [5, 5.41) is 0. The van der Waals surface area contributed by atoms with Crippen molar-refractivity contribution in [2.24, 2.45) is 4.99 Å². The molecule has 3 rings (SSSR count). The van der Waals surface area contributed by atoms with Crippen molar-refractivity contribution in [2.75, 3.05) is 6.54 Å². The summed E-state index contributed by atoms with van der Waals surface area (Å²) in [6.45, 7) is 7.06. The summed E-state index contributed by atoms with van der Waals surface area (Å²) in [6.07, 6.45) is 8.06. The van der Waals surface area contributed by atoms with Crippen LogP contribution in [0.15, 0.2) is 59.4 Å². The monoisotopic (exact) mass is 320 g/mol. The Hall–Kier alpha value is -2.42. The van der Waals surface area contributed by atoms with Gasteiger partial charge in [-0.15, -0.1) is 0 Å². The van der Waals surface area contributed by atoms with Gasteiger partial charge in [-0.25, -0.2) is 0 Å². The first kappa shape index (κ1) is 16.4. The molecule has 124 valence electrons. The Kier molecular flexibility index (Phi) is 4.79. The average Bonchev–Trinajstić information content (AvgIpc) is 2.57. The molecule has 2 heterocycles. The van der Waals surface area contributed by atoms with Gasteiger partial charge in [0.05, 0.1) is 5.71 Å². The number of pyridine rings is 1. The van der Waals surface area contributed by atoms with Crippen LogP contribution in [0, 0.1) is 0 Å². The Balaban J connectivity index is 1.84. The molecule has 3 nitrogen and oxygen atoms in total. The number of aliphatic imine (C=N–C) groups is 1. The molecule has 0 aliphatic carbocycles. The van der Waals surface area contributed by atoms with Crippen LogP contribution in [0.5, 0.6) is 5.75 Å². The third-order valence-corrected chi connectivity index (χ3v) is 3.76. The molecule has 1 aromatic carbocycles. The van der Waals surface area contributed by atoms with Crippen molar-refractivity contribution in [3.05, 3.63) is 65.5 Å². The lowest BCUT2D eigenvalue weighted by atomic mass is 9.95. The Labute approximate surface area is 144 Å². The van der Waals surface area contributed by atoms with Crippen LogP contribution in [-0.2, 0) is 0 Å². The second-order valence-corrected chi connectivity index (χ2v) is 7.03. The van der Waals surface area contributed by atoms with Gasteiger partial charge in [-0.3, -0.25) is 9.98 Å². The maximum absolute atomic E-state index is 5.88. The molecule has 0 N–H and O–H groups in total. The highest BCUT2D eigenvalue weighted by molar-refractivity contribution is 6.15. The van der Waals surface area contributed by atoms with Crippen LogP contribution in [-0.4, -0.2) is 22.8 Å². The number of ether oxygens (including phenoxy) is 1. The minimum atomic E-state index is -0.177. The number of benzene rings is 1. The molecule has 1 aromatic heterocycles. The quantitative estimate of drug-likeness (QED) is 0.804. The van der Waals surface area contributed by atoms with E-state index < -0.39 is 0 Å². The molecule has 0 fully saturated rings. The number of aromatic nitrogens is 1. The first-order valence-electron chi connectivity index (χ1n) is 8.46. The topological polar surface area (TPSA) is 34.5 Å². The van der Waals surface area contributed by atoms with Crippen LogP contribution in [0.1, 0.15) is 44.7 Å². The van der Waals surface area contributed by atoms with E-state index in [2.05, 4.69) is 50.0 Å². The molecule has 3 heteroatoms. The molecule has 0 saturated carbocycles. The molecule has 0 bridgehead atoms. The van der Waals surface area contributed by atoms with Crippen molar-refractivity contribution in [2.45, 2.75) is 39.2 Å². The van der Waals surface area contributed by atoms with Gasteiger partial charge in [-0.05, 0) is 75.1 Å². The van der Waals surface area contributed by atoms with Crippen molar-refractivity contribution < 1.29 is 4.74 Å². The molecule has 0 amide bonds. The third-order valence-electron chi connectivity index (χ3n) is 3.76. The van der Waals surface area contributed by atoms with E-state index in [1.54, 1.807) is 6.20 Å². The lowest BCUT2D eigenvalue weighted by molar-refractivity contribution is 0.131. The van der Waals surface area contributed by atoms with Crippen LogP contribution in [0.4, 0.5) is 0 Å². The smallest absolute Gasteiger partial charge is 0.120 e. The van der Waals surface area contributed by atoms with E-state index in [1.165, 1.54) is 11.1 Å². The van der Waals surface area contributed by atoms with E-state index in [4.69, 9.17) is 9.73 Å². The minimum Gasteiger partial charge on any atom is -0.488 e. The number of hydrogen-bond acceptors (Lipinski definition) is 3. The van der Waals surface area contributed by atoms with Crippen molar-refractivity contribution in [1.82, 2.24) is 4.98 Å². The number of hydrogen-bond donors (Lipinski definition) is 0. The maximum atomic E-state index is 5.88. The van der Waals surface area contributed by atoms with Gasteiger partial charge in [-0.2, -0.15) is 0 Å². The Morgan fingerprint density at radius 3 is 2.54 bits per heavy atom. The van der Waals surface area contributed by atoms with Crippen molar-refractivity contribution in [1.29, 1.82) is 0 Å². The number of rotatable bonds is 3.